The summed E-state index contributed by atoms with van der Waals surface area (Å²) in [6.07, 6.45) is 6.96. The van der Waals surface area contributed by atoms with E-state index in [9.17, 15) is 0 Å². The maximum Gasteiger partial charge on any atom is 0.156 e. The Hall–Kier alpha value is -0.180. The van der Waals surface area contributed by atoms with Gasteiger partial charge in [0.25, 0.3) is 0 Å². The van der Waals surface area contributed by atoms with Gasteiger partial charge in [-0.05, 0) is 25.2 Å². The fraction of sp³-hybridized carbons (Fsp3) is 0.900. The molecule has 1 aliphatic carbocycles. The number of amidine groups is 1. The van der Waals surface area contributed by atoms with Gasteiger partial charge in [0.2, 0.25) is 0 Å². The second-order valence-electron chi connectivity index (χ2n) is 3.90. The normalized spacial score (nSPS) is 22.6. The average molecular weight is 198 g/mol. The van der Waals surface area contributed by atoms with Crippen LogP contribution >= 0.6 is 11.8 Å². The Kier molecular flexibility index (Phi) is 3.53. The molecular formula is C10H18N2S. The number of nitrogens with one attached hydrogen (secondary N) is 1. The molecule has 74 valence electrons. The highest BCUT2D eigenvalue weighted by atomic mass is 32.2. The first kappa shape index (κ1) is 9.38. The summed E-state index contributed by atoms with van der Waals surface area (Å²) in [7, 11) is 0. The molecule has 3 heteroatoms. The van der Waals surface area contributed by atoms with E-state index in [0.717, 1.165) is 19.0 Å². The van der Waals surface area contributed by atoms with Crippen LogP contribution in [0.5, 0.6) is 0 Å². The lowest BCUT2D eigenvalue weighted by molar-refractivity contribution is 0.653. The van der Waals surface area contributed by atoms with Gasteiger partial charge in [-0.3, -0.25) is 4.99 Å². The topological polar surface area (TPSA) is 24.4 Å². The van der Waals surface area contributed by atoms with Gasteiger partial charge in [0, 0.05) is 18.8 Å². The first-order valence-corrected chi connectivity index (χ1v) is 6.35. The molecule has 2 nitrogen and oxygen atoms in total. The van der Waals surface area contributed by atoms with Crippen molar-refractivity contribution in [2.24, 2.45) is 10.9 Å². The Labute approximate surface area is 84.6 Å². The van der Waals surface area contributed by atoms with Crippen LogP contribution in [0.3, 0.4) is 0 Å². The third kappa shape index (κ3) is 3.59. The standard InChI is InChI=1S/C10H18N2S/c1(3-9-4-5-9)6-11-10-12-7-2-8-13-10/h9H,1-8H2,(H,11,12). The summed E-state index contributed by atoms with van der Waals surface area (Å²) in [5, 5.41) is 4.60. The van der Waals surface area contributed by atoms with Crippen LogP contribution in [0.2, 0.25) is 0 Å². The van der Waals surface area contributed by atoms with Crippen molar-refractivity contribution in [3.05, 3.63) is 0 Å². The highest BCUT2D eigenvalue weighted by molar-refractivity contribution is 8.13. The molecule has 1 heterocycles. The summed E-state index contributed by atoms with van der Waals surface area (Å²) < 4.78 is 0. The molecule has 0 aromatic heterocycles. The van der Waals surface area contributed by atoms with E-state index >= 15 is 0 Å². The van der Waals surface area contributed by atoms with E-state index in [0.29, 0.717) is 0 Å². The molecule has 0 radical (unpaired) electrons. The molecular weight excluding hydrogens is 180 g/mol. The van der Waals surface area contributed by atoms with Crippen LogP contribution in [0, 0.1) is 5.92 Å². The Morgan fingerprint density at radius 2 is 2.38 bits per heavy atom. The van der Waals surface area contributed by atoms with E-state index in [1.807, 2.05) is 11.8 Å². The van der Waals surface area contributed by atoms with Crippen molar-refractivity contribution in [1.82, 2.24) is 5.32 Å². The van der Waals surface area contributed by atoms with Crippen molar-refractivity contribution in [1.29, 1.82) is 0 Å². The highest BCUT2D eigenvalue weighted by Crippen LogP contribution is 2.33. The molecule has 0 unspecified atom stereocenters. The number of aliphatic imine (C=N–C) groups is 1. The molecule has 0 bridgehead atoms. The van der Waals surface area contributed by atoms with E-state index in [-0.39, 0.29) is 0 Å². The van der Waals surface area contributed by atoms with Gasteiger partial charge in [-0.2, -0.15) is 0 Å². The second kappa shape index (κ2) is 4.89. The van der Waals surface area contributed by atoms with E-state index in [4.69, 9.17) is 0 Å². The molecule has 1 N–H and O–H groups in total. The highest BCUT2D eigenvalue weighted by Gasteiger charge is 2.20. The second-order valence-corrected chi connectivity index (χ2v) is 4.98. The van der Waals surface area contributed by atoms with Crippen molar-refractivity contribution in [2.75, 3.05) is 18.8 Å². The summed E-state index contributed by atoms with van der Waals surface area (Å²) in [6.45, 7) is 2.15. The third-order valence-corrected chi connectivity index (χ3v) is 3.60. The number of hydrogen-bond acceptors (Lipinski definition) is 3. The molecule has 0 amide bonds. The fourth-order valence-corrected chi connectivity index (χ4v) is 2.41. The van der Waals surface area contributed by atoms with Crippen molar-refractivity contribution in [3.63, 3.8) is 0 Å². The first-order valence-electron chi connectivity index (χ1n) is 5.36. The largest absolute Gasteiger partial charge is 0.365 e. The SMILES string of the molecule is C1CN=C(NCCCC2CC2)SC1. The quantitative estimate of drug-likeness (QED) is 0.701. The van der Waals surface area contributed by atoms with Gasteiger partial charge in [-0.1, -0.05) is 24.6 Å². The van der Waals surface area contributed by atoms with Crippen LogP contribution < -0.4 is 5.32 Å². The van der Waals surface area contributed by atoms with Crippen LogP contribution in [-0.2, 0) is 0 Å². The van der Waals surface area contributed by atoms with Crippen molar-refractivity contribution < 1.29 is 0 Å². The van der Waals surface area contributed by atoms with Crippen LogP contribution in [0.25, 0.3) is 0 Å². The molecule has 13 heavy (non-hydrogen) atoms. The fourth-order valence-electron chi connectivity index (χ4n) is 1.56. The minimum absolute atomic E-state index is 1.03. The Morgan fingerprint density at radius 1 is 1.46 bits per heavy atom. The third-order valence-electron chi connectivity index (χ3n) is 2.56. The minimum Gasteiger partial charge on any atom is -0.365 e. The van der Waals surface area contributed by atoms with Gasteiger partial charge >= 0.3 is 0 Å². The molecule has 0 aromatic rings. The predicted octanol–water partition coefficient (Wildman–Crippen LogP) is 2.26. The first-order chi connectivity index (χ1) is 6.45. The van der Waals surface area contributed by atoms with E-state index < -0.39 is 0 Å². The molecule has 0 aromatic carbocycles. The lowest BCUT2D eigenvalue weighted by atomic mass is 10.2. The van der Waals surface area contributed by atoms with Gasteiger partial charge in [0.1, 0.15) is 0 Å². The summed E-state index contributed by atoms with van der Waals surface area (Å²) in [5.41, 5.74) is 0. The van der Waals surface area contributed by atoms with Gasteiger partial charge in [0.15, 0.2) is 5.17 Å². The smallest absolute Gasteiger partial charge is 0.156 e. The minimum atomic E-state index is 1.03. The maximum absolute atomic E-state index is 4.43. The van der Waals surface area contributed by atoms with E-state index in [1.165, 1.54) is 43.0 Å². The van der Waals surface area contributed by atoms with Gasteiger partial charge in [-0.25, -0.2) is 0 Å². The number of nitrogens with zero attached hydrogens (tertiary/aromatic N) is 1. The number of hydrogen-bond donors (Lipinski definition) is 1. The monoisotopic (exact) mass is 198 g/mol. The van der Waals surface area contributed by atoms with Crippen LogP contribution in [0.15, 0.2) is 4.99 Å². The lowest BCUT2D eigenvalue weighted by Gasteiger charge is -2.12. The van der Waals surface area contributed by atoms with Crippen molar-refractivity contribution >= 4 is 16.9 Å². The lowest BCUT2D eigenvalue weighted by Crippen LogP contribution is -2.24. The number of rotatable bonds is 4. The maximum atomic E-state index is 4.43. The molecule has 1 aliphatic heterocycles. The zero-order valence-electron chi connectivity index (χ0n) is 8.09. The van der Waals surface area contributed by atoms with Crippen LogP contribution in [-0.4, -0.2) is 24.0 Å². The molecule has 1 saturated carbocycles. The predicted molar refractivity (Wildman–Crippen MR) is 59.3 cm³/mol. The average Bonchev–Trinajstić information content (AvgIpc) is 2.98. The van der Waals surface area contributed by atoms with E-state index in [1.54, 1.807) is 0 Å². The molecule has 1 fully saturated rings. The zero-order valence-corrected chi connectivity index (χ0v) is 8.91. The zero-order chi connectivity index (χ0) is 8.93. The Balaban J connectivity index is 1.53. The number of thioether (sulfide) groups is 1. The van der Waals surface area contributed by atoms with Gasteiger partial charge in [0.05, 0.1) is 0 Å². The molecule has 2 rings (SSSR count). The Morgan fingerprint density at radius 3 is 3.08 bits per heavy atom. The molecule has 0 atom stereocenters. The van der Waals surface area contributed by atoms with Gasteiger partial charge in [-0.15, -0.1) is 0 Å². The molecule has 0 spiro atoms. The Bertz CT molecular complexity index is 187. The summed E-state index contributed by atoms with van der Waals surface area (Å²) in [6, 6.07) is 0. The van der Waals surface area contributed by atoms with Crippen LogP contribution in [0.4, 0.5) is 0 Å². The van der Waals surface area contributed by atoms with Gasteiger partial charge < -0.3 is 5.32 Å². The summed E-state index contributed by atoms with van der Waals surface area (Å²) in [5.74, 6) is 2.32. The molecule has 2 aliphatic rings. The van der Waals surface area contributed by atoms with Crippen LogP contribution in [0.1, 0.15) is 32.1 Å². The van der Waals surface area contributed by atoms with E-state index in [2.05, 4.69) is 10.3 Å². The summed E-state index contributed by atoms with van der Waals surface area (Å²) in [4.78, 5) is 4.43. The van der Waals surface area contributed by atoms with Crippen molar-refractivity contribution in [2.45, 2.75) is 32.1 Å². The molecule has 0 saturated heterocycles. The van der Waals surface area contributed by atoms with Crippen molar-refractivity contribution in [3.8, 4) is 0 Å². The summed E-state index contributed by atoms with van der Waals surface area (Å²) >= 11 is 1.88.